The van der Waals surface area contributed by atoms with E-state index in [1.807, 2.05) is 65.0 Å². The highest BCUT2D eigenvalue weighted by atomic mass is 32.2. The number of carbonyl (C=O) groups is 2. The summed E-state index contributed by atoms with van der Waals surface area (Å²) in [5.74, 6) is 0.304. The van der Waals surface area contributed by atoms with Crippen LogP contribution in [0.5, 0.6) is 5.75 Å². The van der Waals surface area contributed by atoms with E-state index in [1.165, 1.54) is 4.31 Å². The topological polar surface area (TPSA) is 96.0 Å². The highest BCUT2D eigenvalue weighted by Gasteiger charge is 2.30. The fraction of sp³-hybridized carbons (Fsp3) is 0.517. The Morgan fingerprint density at radius 3 is 2.13 bits per heavy atom. The first kappa shape index (κ1) is 31.1. The zero-order valence-electron chi connectivity index (χ0n) is 23.6. The summed E-state index contributed by atoms with van der Waals surface area (Å²) in [7, 11) is -3.56. The molecule has 2 amide bonds. The molecule has 0 aromatic heterocycles. The second-order valence-electron chi connectivity index (χ2n) is 10.4. The van der Waals surface area contributed by atoms with E-state index in [0.717, 1.165) is 11.8 Å². The Morgan fingerprint density at radius 1 is 0.974 bits per heavy atom. The van der Waals surface area contributed by atoms with E-state index in [9.17, 15) is 18.0 Å². The van der Waals surface area contributed by atoms with Gasteiger partial charge in [0, 0.05) is 25.0 Å². The number of carbonyl (C=O) groups excluding carboxylic acids is 2. The Kier molecular flexibility index (Phi) is 11.6. The van der Waals surface area contributed by atoms with Gasteiger partial charge in [0.25, 0.3) is 0 Å². The van der Waals surface area contributed by atoms with Crippen molar-refractivity contribution in [3.05, 3.63) is 60.2 Å². The summed E-state index contributed by atoms with van der Waals surface area (Å²) < 4.78 is 31.8. The Morgan fingerprint density at radius 2 is 1.61 bits per heavy atom. The van der Waals surface area contributed by atoms with Crippen molar-refractivity contribution in [2.75, 3.05) is 30.3 Å². The maximum absolute atomic E-state index is 13.5. The van der Waals surface area contributed by atoms with Gasteiger partial charge in [0.2, 0.25) is 21.8 Å². The van der Waals surface area contributed by atoms with Gasteiger partial charge in [-0.2, -0.15) is 0 Å². The summed E-state index contributed by atoms with van der Waals surface area (Å²) in [5.41, 5.74) is 1.17. The molecule has 0 aliphatic rings. The van der Waals surface area contributed by atoms with Crippen LogP contribution in [0.15, 0.2) is 54.6 Å². The lowest BCUT2D eigenvalue weighted by Gasteiger charge is -2.33. The van der Waals surface area contributed by atoms with Crippen molar-refractivity contribution < 1.29 is 22.7 Å². The standard InChI is InChI=1S/C29H43N3O5S/c1-7-26(28(34)30-29(3,4)5)31(22-20-23-13-10-9-11-14-23)27(33)15-12-21-32(38(6,35)36)24-16-18-25(19-17-24)37-8-2/h9-11,13-14,16-19,26H,7-8,12,15,20-22H2,1-6H3,(H,30,34)/t26-/m1/s1. The number of hydrogen-bond donors (Lipinski definition) is 1. The molecule has 0 fully saturated rings. The van der Waals surface area contributed by atoms with Gasteiger partial charge in [-0.25, -0.2) is 8.42 Å². The van der Waals surface area contributed by atoms with Crippen LogP contribution in [-0.2, 0) is 26.0 Å². The number of amides is 2. The largest absolute Gasteiger partial charge is 0.494 e. The zero-order valence-corrected chi connectivity index (χ0v) is 24.4. The number of rotatable bonds is 14. The minimum atomic E-state index is -3.56. The Labute approximate surface area is 228 Å². The molecule has 0 aliphatic carbocycles. The monoisotopic (exact) mass is 545 g/mol. The van der Waals surface area contributed by atoms with Crippen LogP contribution in [0.1, 0.15) is 59.4 Å². The van der Waals surface area contributed by atoms with Gasteiger partial charge >= 0.3 is 0 Å². The van der Waals surface area contributed by atoms with Crippen LogP contribution in [0.3, 0.4) is 0 Å². The third-order valence-electron chi connectivity index (χ3n) is 5.96. The number of hydrogen-bond acceptors (Lipinski definition) is 5. The van der Waals surface area contributed by atoms with Crippen LogP contribution >= 0.6 is 0 Å². The molecule has 2 rings (SSSR count). The molecular formula is C29H43N3O5S. The average molecular weight is 546 g/mol. The lowest BCUT2D eigenvalue weighted by atomic mass is 10.0. The SMILES string of the molecule is CCOc1ccc(N(CCCC(=O)N(CCc2ccccc2)[C@H](CC)C(=O)NC(C)(C)C)S(C)(=O)=O)cc1. The van der Waals surface area contributed by atoms with Crippen molar-refractivity contribution in [1.82, 2.24) is 10.2 Å². The third kappa shape index (κ3) is 10.0. The van der Waals surface area contributed by atoms with Crippen molar-refractivity contribution in [3.8, 4) is 5.75 Å². The van der Waals surface area contributed by atoms with Gasteiger partial charge in [-0.3, -0.25) is 13.9 Å². The summed E-state index contributed by atoms with van der Waals surface area (Å²) in [6.07, 6.45) is 2.69. The van der Waals surface area contributed by atoms with E-state index in [0.29, 0.717) is 43.9 Å². The second-order valence-corrected chi connectivity index (χ2v) is 12.3. The van der Waals surface area contributed by atoms with E-state index < -0.39 is 21.6 Å². The molecular weight excluding hydrogens is 502 g/mol. The van der Waals surface area contributed by atoms with Gasteiger partial charge in [-0.1, -0.05) is 37.3 Å². The van der Waals surface area contributed by atoms with Crippen LogP contribution in [0.25, 0.3) is 0 Å². The molecule has 1 atom stereocenters. The van der Waals surface area contributed by atoms with E-state index in [-0.39, 0.29) is 24.8 Å². The van der Waals surface area contributed by atoms with Crippen molar-refractivity contribution in [2.45, 2.75) is 71.9 Å². The Hall–Kier alpha value is -3.07. The Balaban J connectivity index is 2.17. The van der Waals surface area contributed by atoms with Crippen LogP contribution < -0.4 is 14.4 Å². The summed E-state index contributed by atoms with van der Waals surface area (Å²) in [6.45, 7) is 10.6. The van der Waals surface area contributed by atoms with Gasteiger partial charge in [-0.05, 0) is 76.8 Å². The molecule has 0 aliphatic heterocycles. The molecule has 0 spiro atoms. The first-order valence-corrected chi connectivity index (χ1v) is 15.1. The summed E-state index contributed by atoms with van der Waals surface area (Å²) in [4.78, 5) is 28.2. The van der Waals surface area contributed by atoms with Gasteiger partial charge in [0.05, 0.1) is 18.6 Å². The fourth-order valence-corrected chi connectivity index (χ4v) is 5.19. The first-order valence-electron chi connectivity index (χ1n) is 13.2. The molecule has 210 valence electrons. The van der Waals surface area contributed by atoms with Gasteiger partial charge in [-0.15, -0.1) is 0 Å². The van der Waals surface area contributed by atoms with E-state index in [4.69, 9.17) is 4.74 Å². The average Bonchev–Trinajstić information content (AvgIpc) is 2.84. The van der Waals surface area contributed by atoms with Crippen molar-refractivity contribution in [2.24, 2.45) is 0 Å². The van der Waals surface area contributed by atoms with Gasteiger partial charge in [0.1, 0.15) is 11.8 Å². The predicted molar refractivity (Wildman–Crippen MR) is 153 cm³/mol. The molecule has 1 N–H and O–H groups in total. The molecule has 2 aromatic carbocycles. The number of nitrogens with one attached hydrogen (secondary N) is 1. The minimum absolute atomic E-state index is 0.122. The van der Waals surface area contributed by atoms with E-state index in [2.05, 4.69) is 5.32 Å². The third-order valence-corrected chi connectivity index (χ3v) is 7.15. The molecule has 9 heteroatoms. The lowest BCUT2D eigenvalue weighted by molar-refractivity contribution is -0.141. The molecule has 0 saturated carbocycles. The lowest BCUT2D eigenvalue weighted by Crippen LogP contribution is -2.54. The molecule has 0 heterocycles. The molecule has 8 nitrogen and oxygen atoms in total. The molecule has 0 radical (unpaired) electrons. The van der Waals surface area contributed by atoms with Crippen molar-refractivity contribution >= 4 is 27.5 Å². The maximum atomic E-state index is 13.5. The van der Waals surface area contributed by atoms with Crippen LogP contribution in [0.2, 0.25) is 0 Å². The van der Waals surface area contributed by atoms with Crippen molar-refractivity contribution in [3.63, 3.8) is 0 Å². The summed E-state index contributed by atoms with van der Waals surface area (Å²) in [5, 5.41) is 3.00. The van der Waals surface area contributed by atoms with Crippen LogP contribution in [0.4, 0.5) is 5.69 Å². The summed E-state index contributed by atoms with van der Waals surface area (Å²) >= 11 is 0. The predicted octanol–water partition coefficient (Wildman–Crippen LogP) is 4.40. The molecule has 0 unspecified atom stereocenters. The highest BCUT2D eigenvalue weighted by molar-refractivity contribution is 7.92. The number of nitrogens with zero attached hydrogens (tertiary/aromatic N) is 2. The van der Waals surface area contributed by atoms with Crippen LogP contribution in [-0.4, -0.2) is 62.7 Å². The molecule has 0 bridgehead atoms. The molecule has 2 aromatic rings. The number of ether oxygens (including phenoxy) is 1. The van der Waals surface area contributed by atoms with E-state index in [1.54, 1.807) is 29.2 Å². The quantitative estimate of drug-likeness (QED) is 0.380. The van der Waals surface area contributed by atoms with Gasteiger partial charge < -0.3 is 15.0 Å². The molecule has 38 heavy (non-hydrogen) atoms. The smallest absolute Gasteiger partial charge is 0.243 e. The zero-order chi connectivity index (χ0) is 28.3. The second kappa shape index (κ2) is 14.2. The number of sulfonamides is 1. The first-order chi connectivity index (χ1) is 17.9. The summed E-state index contributed by atoms with van der Waals surface area (Å²) in [6, 6.07) is 16.1. The Bertz CT molecular complexity index is 1130. The maximum Gasteiger partial charge on any atom is 0.243 e. The number of anilines is 1. The minimum Gasteiger partial charge on any atom is -0.494 e. The number of benzene rings is 2. The highest BCUT2D eigenvalue weighted by Crippen LogP contribution is 2.22. The van der Waals surface area contributed by atoms with Crippen molar-refractivity contribution in [1.29, 1.82) is 0 Å². The fourth-order valence-electron chi connectivity index (χ4n) is 4.23. The molecule has 0 saturated heterocycles. The van der Waals surface area contributed by atoms with Crippen LogP contribution in [0, 0.1) is 0 Å². The normalized spacial score (nSPS) is 12.5. The van der Waals surface area contributed by atoms with Gasteiger partial charge in [0.15, 0.2) is 0 Å². The van der Waals surface area contributed by atoms with E-state index >= 15 is 0 Å².